The van der Waals surface area contributed by atoms with Crippen molar-refractivity contribution in [2.24, 2.45) is 0 Å². The lowest BCUT2D eigenvalue weighted by molar-refractivity contribution is 0.102. The molecule has 172 valence electrons. The van der Waals surface area contributed by atoms with Crippen LogP contribution in [0, 0.1) is 0 Å². The van der Waals surface area contributed by atoms with Crippen molar-refractivity contribution in [1.29, 1.82) is 0 Å². The third kappa shape index (κ3) is 5.48. The fourth-order valence-electron chi connectivity index (χ4n) is 3.86. The summed E-state index contributed by atoms with van der Waals surface area (Å²) >= 11 is 1.28. The molecular weight excluding hydrogens is 438 g/mol. The lowest BCUT2D eigenvalue weighted by Crippen LogP contribution is -2.41. The van der Waals surface area contributed by atoms with Gasteiger partial charge in [-0.3, -0.25) is 4.79 Å². The molecule has 1 aliphatic rings. The van der Waals surface area contributed by atoms with Crippen LogP contribution < -0.4 is 15.4 Å². The summed E-state index contributed by atoms with van der Waals surface area (Å²) < 4.78 is 5.13. The number of aryl methyl sites for hydroxylation is 1. The lowest BCUT2D eigenvalue weighted by Gasteiger charge is -2.31. The van der Waals surface area contributed by atoms with E-state index in [1.54, 1.807) is 31.4 Å². The number of ether oxygens (including phenoxy) is 1. The highest BCUT2D eigenvalue weighted by Crippen LogP contribution is 2.30. The molecule has 33 heavy (non-hydrogen) atoms. The van der Waals surface area contributed by atoms with Gasteiger partial charge in [-0.1, -0.05) is 36.5 Å². The summed E-state index contributed by atoms with van der Waals surface area (Å²) in [5, 5.41) is 15.3. The Labute approximate surface area is 197 Å². The van der Waals surface area contributed by atoms with Gasteiger partial charge in [0.1, 0.15) is 10.8 Å². The van der Waals surface area contributed by atoms with Gasteiger partial charge in [-0.2, -0.15) is 0 Å². The summed E-state index contributed by atoms with van der Waals surface area (Å²) in [4.78, 5) is 27.3. The number of carbonyl (C=O) groups excluding carboxylic acids is 2. The highest BCUT2D eigenvalue weighted by molar-refractivity contribution is 7.13. The first-order valence-electron chi connectivity index (χ1n) is 11.0. The maximum atomic E-state index is 12.9. The number of likely N-dealkylation sites (tertiary alicyclic amines) is 1. The number of benzene rings is 2. The van der Waals surface area contributed by atoms with E-state index in [9.17, 15) is 9.59 Å². The van der Waals surface area contributed by atoms with E-state index in [0.717, 1.165) is 41.3 Å². The van der Waals surface area contributed by atoms with Gasteiger partial charge in [-0.15, -0.1) is 10.2 Å². The minimum atomic E-state index is -0.300. The molecule has 1 saturated heterocycles. The molecule has 2 N–H and O–H groups in total. The van der Waals surface area contributed by atoms with Crippen LogP contribution >= 0.6 is 11.3 Å². The Bertz CT molecular complexity index is 1120. The van der Waals surface area contributed by atoms with E-state index in [2.05, 4.69) is 27.8 Å². The number of para-hydroxylation sites is 1. The molecule has 3 amide bonds. The minimum absolute atomic E-state index is 0.0611. The number of nitrogens with one attached hydrogen (secondary N) is 2. The highest BCUT2D eigenvalue weighted by atomic mass is 32.1. The van der Waals surface area contributed by atoms with Crippen LogP contribution in [-0.2, 0) is 6.42 Å². The Balaban J connectivity index is 1.38. The fraction of sp³-hybridized carbons (Fsp3) is 0.333. The van der Waals surface area contributed by atoms with Crippen LogP contribution in [0.3, 0.4) is 0 Å². The monoisotopic (exact) mass is 465 g/mol. The number of carbonyl (C=O) groups is 2. The Morgan fingerprint density at radius 1 is 1.12 bits per heavy atom. The summed E-state index contributed by atoms with van der Waals surface area (Å²) in [6, 6.07) is 14.8. The van der Waals surface area contributed by atoms with Gasteiger partial charge >= 0.3 is 6.03 Å². The number of anilines is 2. The third-order valence-electron chi connectivity index (χ3n) is 5.68. The number of hydrogen-bond acceptors (Lipinski definition) is 6. The van der Waals surface area contributed by atoms with Crippen molar-refractivity contribution in [3.8, 4) is 5.75 Å². The first-order chi connectivity index (χ1) is 16.1. The Hall–Kier alpha value is -3.46. The Morgan fingerprint density at radius 3 is 2.67 bits per heavy atom. The molecule has 1 aliphatic heterocycles. The van der Waals surface area contributed by atoms with Crippen LogP contribution in [0.2, 0.25) is 0 Å². The van der Waals surface area contributed by atoms with Crippen molar-refractivity contribution in [1.82, 2.24) is 15.1 Å². The van der Waals surface area contributed by atoms with Crippen molar-refractivity contribution in [2.45, 2.75) is 32.1 Å². The summed E-state index contributed by atoms with van der Waals surface area (Å²) in [7, 11) is 1.59. The number of nitrogens with zero attached hydrogens (tertiary/aromatic N) is 3. The van der Waals surface area contributed by atoms with Crippen molar-refractivity contribution >= 4 is 34.6 Å². The molecule has 1 fully saturated rings. The topological polar surface area (TPSA) is 96.5 Å². The number of hydrogen-bond donors (Lipinski definition) is 2. The second-order valence-electron chi connectivity index (χ2n) is 7.85. The van der Waals surface area contributed by atoms with Crippen LogP contribution in [0.15, 0.2) is 48.5 Å². The number of urea groups is 1. The number of aromatic nitrogens is 2. The summed E-state index contributed by atoms with van der Waals surface area (Å²) in [5.41, 5.74) is 2.61. The van der Waals surface area contributed by atoms with Gasteiger partial charge < -0.3 is 20.3 Å². The molecule has 0 saturated carbocycles. The van der Waals surface area contributed by atoms with E-state index in [0.29, 0.717) is 23.8 Å². The van der Waals surface area contributed by atoms with E-state index in [1.807, 2.05) is 29.2 Å². The van der Waals surface area contributed by atoms with Crippen molar-refractivity contribution in [2.75, 3.05) is 30.8 Å². The number of amides is 3. The summed E-state index contributed by atoms with van der Waals surface area (Å²) in [6.07, 6.45) is 2.63. The molecule has 3 aromatic rings. The first-order valence-corrected chi connectivity index (χ1v) is 11.8. The molecule has 0 radical (unpaired) electrons. The molecule has 2 aromatic carbocycles. The van der Waals surface area contributed by atoms with Crippen LogP contribution in [0.1, 0.15) is 46.1 Å². The molecular formula is C24H27N5O3S. The first kappa shape index (κ1) is 22.7. The van der Waals surface area contributed by atoms with E-state index >= 15 is 0 Å². The molecule has 9 heteroatoms. The maximum absolute atomic E-state index is 12.9. The summed E-state index contributed by atoms with van der Waals surface area (Å²) in [6.45, 7) is 3.31. The van der Waals surface area contributed by atoms with Gasteiger partial charge in [0.05, 0.1) is 7.11 Å². The maximum Gasteiger partial charge on any atom is 0.321 e. The van der Waals surface area contributed by atoms with Crippen molar-refractivity contribution < 1.29 is 14.3 Å². The standard InChI is InChI=1S/C24H27N5O3S/c1-3-16-7-4-5-9-20(16)26-24(31)29-14-6-8-17(15-29)22-27-28-23(33-22)21(30)25-18-10-12-19(32-2)13-11-18/h4-5,7,9-13,17H,3,6,8,14-15H2,1-2H3,(H,25,30)(H,26,31). The van der Waals surface area contributed by atoms with Gasteiger partial charge in [0.25, 0.3) is 5.91 Å². The Morgan fingerprint density at radius 2 is 1.91 bits per heavy atom. The Kier molecular flexibility index (Phi) is 7.19. The number of piperidine rings is 1. The van der Waals surface area contributed by atoms with Crippen LogP contribution in [0.5, 0.6) is 5.75 Å². The van der Waals surface area contributed by atoms with Crippen LogP contribution in [0.25, 0.3) is 0 Å². The second kappa shape index (κ2) is 10.4. The van der Waals surface area contributed by atoms with Crippen molar-refractivity contribution in [3.05, 3.63) is 64.1 Å². The predicted molar refractivity (Wildman–Crippen MR) is 129 cm³/mol. The number of rotatable bonds is 6. The zero-order valence-electron chi connectivity index (χ0n) is 18.7. The molecule has 0 aliphatic carbocycles. The summed E-state index contributed by atoms with van der Waals surface area (Å²) in [5.74, 6) is 0.478. The van der Waals surface area contributed by atoms with E-state index in [-0.39, 0.29) is 17.9 Å². The van der Waals surface area contributed by atoms with Gasteiger partial charge in [0.2, 0.25) is 5.01 Å². The zero-order chi connectivity index (χ0) is 23.2. The van der Waals surface area contributed by atoms with Crippen LogP contribution in [0.4, 0.5) is 16.2 Å². The van der Waals surface area contributed by atoms with E-state index in [4.69, 9.17) is 4.74 Å². The molecule has 0 bridgehead atoms. The van der Waals surface area contributed by atoms with Gasteiger partial charge in [0.15, 0.2) is 0 Å². The van der Waals surface area contributed by atoms with E-state index < -0.39 is 0 Å². The molecule has 4 rings (SSSR count). The van der Waals surface area contributed by atoms with Crippen molar-refractivity contribution in [3.63, 3.8) is 0 Å². The average Bonchev–Trinajstić information content (AvgIpc) is 3.36. The van der Waals surface area contributed by atoms with Gasteiger partial charge in [-0.05, 0) is 55.2 Å². The fourth-order valence-corrected chi connectivity index (χ4v) is 4.72. The molecule has 1 unspecified atom stereocenters. The quantitative estimate of drug-likeness (QED) is 0.546. The average molecular weight is 466 g/mol. The largest absolute Gasteiger partial charge is 0.497 e. The molecule has 0 spiro atoms. The third-order valence-corrected chi connectivity index (χ3v) is 6.76. The molecule has 2 heterocycles. The highest BCUT2D eigenvalue weighted by Gasteiger charge is 2.28. The predicted octanol–water partition coefficient (Wildman–Crippen LogP) is 4.77. The minimum Gasteiger partial charge on any atom is -0.497 e. The second-order valence-corrected chi connectivity index (χ2v) is 8.86. The molecule has 8 nitrogen and oxygen atoms in total. The lowest BCUT2D eigenvalue weighted by atomic mass is 9.99. The van der Waals surface area contributed by atoms with Gasteiger partial charge in [0, 0.05) is 30.4 Å². The SMILES string of the molecule is CCc1ccccc1NC(=O)N1CCCC(c2nnc(C(=O)Nc3ccc(OC)cc3)s2)C1. The smallest absolute Gasteiger partial charge is 0.321 e. The van der Waals surface area contributed by atoms with Gasteiger partial charge in [-0.25, -0.2) is 4.79 Å². The zero-order valence-corrected chi connectivity index (χ0v) is 19.5. The molecule has 1 atom stereocenters. The normalized spacial score (nSPS) is 15.7. The van der Waals surface area contributed by atoms with Crippen LogP contribution in [-0.4, -0.2) is 47.2 Å². The van der Waals surface area contributed by atoms with E-state index in [1.165, 1.54) is 11.3 Å². The number of methoxy groups -OCH3 is 1. The molecule has 1 aromatic heterocycles.